The van der Waals surface area contributed by atoms with E-state index >= 15 is 0 Å². The molecule has 1 N–H and O–H groups in total. The summed E-state index contributed by atoms with van der Waals surface area (Å²) in [6.07, 6.45) is 4.37. The van der Waals surface area contributed by atoms with Gasteiger partial charge >= 0.3 is 5.97 Å². The highest BCUT2D eigenvalue weighted by molar-refractivity contribution is 5.94. The highest BCUT2D eigenvalue weighted by Gasteiger charge is 2.23. The van der Waals surface area contributed by atoms with Gasteiger partial charge in [-0.15, -0.1) is 0 Å². The molecule has 1 saturated carbocycles. The minimum atomic E-state index is -0.682. The van der Waals surface area contributed by atoms with Crippen molar-refractivity contribution in [3.05, 3.63) is 47.7 Å². The molecule has 148 valence electrons. The van der Waals surface area contributed by atoms with E-state index in [-0.39, 0.29) is 30.1 Å². The molecule has 3 rings (SSSR count). The molecule has 1 fully saturated rings. The van der Waals surface area contributed by atoms with Gasteiger partial charge in [0.05, 0.1) is 0 Å². The number of hydrogen-bond acceptors (Lipinski definition) is 5. The first-order valence-corrected chi connectivity index (χ1v) is 9.61. The lowest BCUT2D eigenvalue weighted by molar-refractivity contribution is -0.125. The summed E-state index contributed by atoms with van der Waals surface area (Å²) in [6, 6.07) is 10.2. The van der Waals surface area contributed by atoms with Gasteiger partial charge in [-0.3, -0.25) is 9.59 Å². The molecule has 1 aliphatic rings. The summed E-state index contributed by atoms with van der Waals surface area (Å²) >= 11 is 0. The first-order valence-electron chi connectivity index (χ1n) is 9.61. The van der Waals surface area contributed by atoms with Gasteiger partial charge in [0.25, 0.3) is 5.91 Å². The van der Waals surface area contributed by atoms with Crippen molar-refractivity contribution in [3.63, 3.8) is 0 Å². The fourth-order valence-electron chi connectivity index (χ4n) is 3.45. The molecule has 1 aromatic carbocycles. The van der Waals surface area contributed by atoms with Crippen LogP contribution >= 0.6 is 0 Å². The second-order valence-electron chi connectivity index (χ2n) is 7.31. The molecule has 0 saturated heterocycles. The average molecular weight is 383 g/mol. The lowest BCUT2D eigenvalue weighted by atomic mass is 9.86. The Bertz CT molecular complexity index is 852. The standard InChI is InChI=1S/C22H25NO5/c1-14-5-3-4-6-18(14)23-21(25)13-27-22(26)20-12-11-19(28-20)17-9-7-16(8-10-17)15(2)24/h7-12,14,18H,3-6,13H2,1-2H3,(H,23,25)/t14-,18-/m1/s1. The Hall–Kier alpha value is -2.89. The maximum Gasteiger partial charge on any atom is 0.374 e. The molecule has 1 amide bonds. The number of hydrogen-bond donors (Lipinski definition) is 1. The van der Waals surface area contributed by atoms with E-state index in [0.717, 1.165) is 24.8 Å². The highest BCUT2D eigenvalue weighted by atomic mass is 16.5. The normalized spacial score (nSPS) is 19.1. The van der Waals surface area contributed by atoms with Gasteiger partial charge < -0.3 is 14.5 Å². The maximum absolute atomic E-state index is 12.2. The molecule has 0 radical (unpaired) electrons. The predicted octanol–water partition coefficient (Wildman–Crippen LogP) is 4.00. The largest absolute Gasteiger partial charge is 0.450 e. The Labute approximate surface area is 164 Å². The van der Waals surface area contributed by atoms with Crippen molar-refractivity contribution >= 4 is 17.7 Å². The number of nitrogens with one attached hydrogen (secondary N) is 1. The summed E-state index contributed by atoms with van der Waals surface area (Å²) in [4.78, 5) is 35.6. The lowest BCUT2D eigenvalue weighted by Gasteiger charge is -2.29. The molecule has 0 unspecified atom stereocenters. The molecule has 1 heterocycles. The highest BCUT2D eigenvalue weighted by Crippen LogP contribution is 2.24. The summed E-state index contributed by atoms with van der Waals surface area (Å²) in [5.41, 5.74) is 1.35. The zero-order valence-electron chi connectivity index (χ0n) is 16.2. The predicted molar refractivity (Wildman–Crippen MR) is 104 cm³/mol. The van der Waals surface area contributed by atoms with Crippen molar-refractivity contribution in [1.29, 1.82) is 0 Å². The number of esters is 1. The van der Waals surface area contributed by atoms with Gasteiger partial charge in [-0.1, -0.05) is 44.0 Å². The van der Waals surface area contributed by atoms with E-state index in [2.05, 4.69) is 12.2 Å². The molecule has 0 bridgehead atoms. The van der Waals surface area contributed by atoms with Crippen LogP contribution in [0.2, 0.25) is 0 Å². The summed E-state index contributed by atoms with van der Waals surface area (Å²) in [6.45, 7) is 3.30. The van der Waals surface area contributed by atoms with Crippen LogP contribution in [0.5, 0.6) is 0 Å². The second-order valence-corrected chi connectivity index (χ2v) is 7.31. The Morgan fingerprint density at radius 1 is 1.07 bits per heavy atom. The zero-order valence-corrected chi connectivity index (χ0v) is 16.2. The van der Waals surface area contributed by atoms with Crippen molar-refractivity contribution in [2.75, 3.05) is 6.61 Å². The monoisotopic (exact) mass is 383 g/mol. The summed E-state index contributed by atoms with van der Waals surface area (Å²) in [5, 5.41) is 2.95. The fourth-order valence-corrected chi connectivity index (χ4v) is 3.45. The van der Waals surface area contributed by atoms with Gasteiger partial charge in [0.2, 0.25) is 5.76 Å². The number of Topliss-reactive ketones (excluding diaryl/α,β-unsaturated/α-hetero) is 1. The first kappa shape index (κ1) is 19.9. The van der Waals surface area contributed by atoms with Gasteiger partial charge in [0.1, 0.15) is 5.76 Å². The minimum absolute atomic E-state index is 0.0174. The van der Waals surface area contributed by atoms with Gasteiger partial charge in [-0.25, -0.2) is 4.79 Å². The Balaban J connectivity index is 1.53. The molecule has 2 aromatic rings. The second kappa shape index (κ2) is 8.87. The van der Waals surface area contributed by atoms with Crippen LogP contribution in [0.4, 0.5) is 0 Å². The van der Waals surface area contributed by atoms with Gasteiger partial charge in [0.15, 0.2) is 12.4 Å². The Morgan fingerprint density at radius 2 is 1.79 bits per heavy atom. The quantitative estimate of drug-likeness (QED) is 0.602. The van der Waals surface area contributed by atoms with Crippen molar-refractivity contribution < 1.29 is 23.5 Å². The van der Waals surface area contributed by atoms with Crippen LogP contribution in [-0.2, 0) is 9.53 Å². The third-order valence-corrected chi connectivity index (χ3v) is 5.18. The molecule has 6 heteroatoms. The maximum atomic E-state index is 12.2. The summed E-state index contributed by atoms with van der Waals surface area (Å²) in [7, 11) is 0. The third-order valence-electron chi connectivity index (χ3n) is 5.18. The van der Waals surface area contributed by atoms with Gasteiger partial charge in [-0.2, -0.15) is 0 Å². The van der Waals surface area contributed by atoms with Crippen molar-refractivity contribution in [2.24, 2.45) is 5.92 Å². The topological polar surface area (TPSA) is 85.6 Å². The van der Waals surface area contributed by atoms with Crippen LogP contribution in [0.25, 0.3) is 11.3 Å². The molecule has 0 aliphatic heterocycles. The van der Waals surface area contributed by atoms with E-state index in [1.807, 2.05) is 0 Å². The van der Waals surface area contributed by atoms with E-state index < -0.39 is 5.97 Å². The fraction of sp³-hybridized carbons (Fsp3) is 0.409. The number of ether oxygens (including phenoxy) is 1. The van der Waals surface area contributed by atoms with Crippen molar-refractivity contribution in [1.82, 2.24) is 5.32 Å². The number of furan rings is 1. The molecule has 28 heavy (non-hydrogen) atoms. The lowest BCUT2D eigenvalue weighted by Crippen LogP contribution is -2.42. The van der Waals surface area contributed by atoms with Gasteiger partial charge in [-0.05, 0) is 37.8 Å². The van der Waals surface area contributed by atoms with Crippen LogP contribution < -0.4 is 5.32 Å². The van der Waals surface area contributed by atoms with Crippen molar-refractivity contribution in [2.45, 2.75) is 45.6 Å². The van der Waals surface area contributed by atoms with Crippen LogP contribution in [0.1, 0.15) is 60.4 Å². The molecular formula is C22H25NO5. The number of benzene rings is 1. The van der Waals surface area contributed by atoms with E-state index in [0.29, 0.717) is 17.2 Å². The SMILES string of the molecule is CC(=O)c1ccc(-c2ccc(C(=O)OCC(=O)N[C@@H]3CCCC[C@H]3C)o2)cc1. The number of amides is 1. The molecule has 1 aromatic heterocycles. The van der Waals surface area contributed by atoms with Crippen LogP contribution in [0, 0.1) is 5.92 Å². The molecular weight excluding hydrogens is 358 g/mol. The van der Waals surface area contributed by atoms with Crippen LogP contribution in [-0.4, -0.2) is 30.3 Å². The molecule has 2 atom stereocenters. The third kappa shape index (κ3) is 4.88. The summed E-state index contributed by atoms with van der Waals surface area (Å²) in [5.74, 6) is -0.0317. The molecule has 6 nitrogen and oxygen atoms in total. The van der Waals surface area contributed by atoms with Crippen LogP contribution in [0.15, 0.2) is 40.8 Å². The van der Waals surface area contributed by atoms with Crippen molar-refractivity contribution in [3.8, 4) is 11.3 Å². The number of carbonyl (C=O) groups excluding carboxylic acids is 3. The zero-order chi connectivity index (χ0) is 20.1. The molecule has 0 spiro atoms. The summed E-state index contributed by atoms with van der Waals surface area (Å²) < 4.78 is 10.6. The smallest absolute Gasteiger partial charge is 0.374 e. The number of ketones is 1. The molecule has 1 aliphatic carbocycles. The van der Waals surface area contributed by atoms with E-state index in [1.54, 1.807) is 30.3 Å². The first-order chi connectivity index (χ1) is 13.4. The van der Waals surface area contributed by atoms with Crippen LogP contribution in [0.3, 0.4) is 0 Å². The van der Waals surface area contributed by atoms with E-state index in [1.165, 1.54) is 19.4 Å². The van der Waals surface area contributed by atoms with E-state index in [4.69, 9.17) is 9.15 Å². The minimum Gasteiger partial charge on any atom is -0.450 e. The Morgan fingerprint density at radius 3 is 2.46 bits per heavy atom. The average Bonchev–Trinajstić information content (AvgIpc) is 3.18. The number of rotatable bonds is 6. The number of carbonyl (C=O) groups is 3. The Kier molecular flexibility index (Phi) is 6.29. The van der Waals surface area contributed by atoms with Gasteiger partial charge in [0, 0.05) is 17.2 Å². The van der Waals surface area contributed by atoms with E-state index in [9.17, 15) is 14.4 Å².